The van der Waals surface area contributed by atoms with E-state index in [0.29, 0.717) is 22.3 Å². The van der Waals surface area contributed by atoms with E-state index in [2.05, 4.69) is 20.5 Å². The number of rotatable bonds is 4. The maximum atomic E-state index is 13.8. The molecule has 0 spiro atoms. The van der Waals surface area contributed by atoms with Crippen LogP contribution in [0.2, 0.25) is 0 Å². The summed E-state index contributed by atoms with van der Waals surface area (Å²) < 4.78 is 1.42. The second-order valence-electron chi connectivity index (χ2n) is 8.92. The van der Waals surface area contributed by atoms with Crippen LogP contribution in [0.4, 0.5) is 11.4 Å². The van der Waals surface area contributed by atoms with Crippen molar-refractivity contribution in [3.63, 3.8) is 0 Å². The van der Waals surface area contributed by atoms with Crippen LogP contribution < -0.4 is 15.8 Å². The molecule has 0 aliphatic carbocycles. The number of hydrogen-bond acceptors (Lipinski definition) is 4. The molecule has 1 aliphatic rings. The molecule has 0 radical (unpaired) electrons. The van der Waals surface area contributed by atoms with Gasteiger partial charge in [-0.2, -0.15) is 5.10 Å². The van der Waals surface area contributed by atoms with Gasteiger partial charge >= 0.3 is 0 Å². The van der Waals surface area contributed by atoms with Crippen LogP contribution in [0.25, 0.3) is 10.9 Å². The van der Waals surface area contributed by atoms with Crippen molar-refractivity contribution in [3.05, 3.63) is 111 Å². The van der Waals surface area contributed by atoms with Crippen LogP contribution in [0.3, 0.4) is 0 Å². The summed E-state index contributed by atoms with van der Waals surface area (Å²) in [6, 6.07) is 16.8. The van der Waals surface area contributed by atoms with E-state index >= 15 is 0 Å². The molecule has 3 aromatic heterocycles. The Balaban J connectivity index is 1.53. The molecule has 9 heteroatoms. The molecule has 0 fully saturated rings. The van der Waals surface area contributed by atoms with Gasteiger partial charge in [0.05, 0.1) is 23.6 Å². The van der Waals surface area contributed by atoms with Gasteiger partial charge in [-0.25, -0.2) is 0 Å². The van der Waals surface area contributed by atoms with Gasteiger partial charge in [0.2, 0.25) is 0 Å². The number of carbonyl (C=O) groups excluding carboxylic acids is 2. The molecule has 1 unspecified atom stereocenters. The number of benzene rings is 2. The van der Waals surface area contributed by atoms with Crippen LogP contribution in [-0.4, -0.2) is 31.6 Å². The number of aromatic nitrogens is 4. The molecule has 0 bridgehead atoms. The fraction of sp³-hybridized carbons (Fsp3) is 0.111. The van der Waals surface area contributed by atoms with Crippen LogP contribution in [0, 0.1) is 6.92 Å². The Morgan fingerprint density at radius 3 is 2.61 bits per heavy atom. The largest absolute Gasteiger partial charge is 0.346 e. The van der Waals surface area contributed by atoms with E-state index in [1.807, 2.05) is 55.5 Å². The Labute approximate surface area is 205 Å². The Morgan fingerprint density at radius 2 is 1.86 bits per heavy atom. The first-order chi connectivity index (χ1) is 17.4. The van der Waals surface area contributed by atoms with E-state index in [9.17, 15) is 14.4 Å². The number of carbonyl (C=O) groups is 2. The van der Waals surface area contributed by atoms with Gasteiger partial charge in [0, 0.05) is 30.4 Å². The highest BCUT2D eigenvalue weighted by Gasteiger charge is 2.39. The zero-order valence-electron chi connectivity index (χ0n) is 19.6. The summed E-state index contributed by atoms with van der Waals surface area (Å²) in [6.07, 6.45) is 4.69. The fourth-order valence-corrected chi connectivity index (χ4v) is 4.79. The van der Waals surface area contributed by atoms with Crippen molar-refractivity contribution < 1.29 is 9.59 Å². The van der Waals surface area contributed by atoms with Crippen molar-refractivity contribution in [3.8, 4) is 0 Å². The van der Waals surface area contributed by atoms with Gasteiger partial charge < -0.3 is 14.9 Å². The number of amides is 2. The summed E-state index contributed by atoms with van der Waals surface area (Å²) in [4.78, 5) is 44.4. The highest BCUT2D eigenvalue weighted by atomic mass is 16.2. The molecule has 5 aromatic rings. The van der Waals surface area contributed by atoms with Crippen molar-refractivity contribution in [1.82, 2.24) is 19.7 Å². The number of pyridine rings is 1. The monoisotopic (exact) mass is 478 g/mol. The summed E-state index contributed by atoms with van der Waals surface area (Å²) in [5.41, 5.74) is 4.76. The quantitative estimate of drug-likeness (QED) is 0.363. The standard InChI is InChI=1S/C27H22N6O3/c1-15-7-9-16(10-8-15)24-18-5-3-4-6-19(18)26(35)33(24)22-14-32(2)27(36)23-20(22)11-21(31-23)25(34)30-17-12-28-29-13-17/h3-14,24,31H,1-2H3,(H,28,29)(H,30,34). The Kier molecular flexibility index (Phi) is 4.85. The van der Waals surface area contributed by atoms with E-state index in [1.165, 1.54) is 10.8 Å². The van der Waals surface area contributed by atoms with E-state index in [0.717, 1.165) is 16.7 Å². The summed E-state index contributed by atoms with van der Waals surface area (Å²) in [5, 5.41) is 9.69. The maximum Gasteiger partial charge on any atom is 0.274 e. The Bertz CT molecular complexity index is 1700. The number of nitrogens with one attached hydrogen (secondary N) is 3. The molecule has 2 amide bonds. The summed E-state index contributed by atoms with van der Waals surface area (Å²) in [7, 11) is 1.63. The molecule has 6 rings (SSSR count). The molecule has 36 heavy (non-hydrogen) atoms. The topological polar surface area (TPSA) is 116 Å². The molecule has 1 atom stereocenters. The minimum atomic E-state index is -0.424. The third-order valence-corrected chi connectivity index (χ3v) is 6.56. The van der Waals surface area contributed by atoms with Gasteiger partial charge in [0.25, 0.3) is 17.4 Å². The van der Waals surface area contributed by atoms with Gasteiger partial charge in [-0.05, 0) is 30.2 Å². The lowest BCUT2D eigenvalue weighted by Crippen LogP contribution is -2.30. The van der Waals surface area contributed by atoms with Crippen molar-refractivity contribution in [2.45, 2.75) is 13.0 Å². The zero-order chi connectivity index (χ0) is 25.0. The van der Waals surface area contributed by atoms with Gasteiger partial charge in [-0.15, -0.1) is 0 Å². The Morgan fingerprint density at radius 1 is 1.08 bits per heavy atom. The molecule has 3 N–H and O–H groups in total. The molecule has 1 aliphatic heterocycles. The van der Waals surface area contributed by atoms with Crippen LogP contribution in [0.15, 0.2) is 78.0 Å². The second kappa shape index (κ2) is 8.09. The lowest BCUT2D eigenvalue weighted by Gasteiger charge is -2.27. The minimum absolute atomic E-state index is 0.165. The first-order valence-electron chi connectivity index (χ1n) is 11.4. The number of fused-ring (bicyclic) bond motifs is 2. The molecule has 2 aromatic carbocycles. The number of nitrogens with zero attached hydrogens (tertiary/aromatic N) is 3. The lowest BCUT2D eigenvalue weighted by molar-refractivity contribution is 0.0991. The SMILES string of the molecule is Cc1ccc(C2c3ccccc3C(=O)N2c2cn(C)c(=O)c3[nH]c(C(=O)Nc4cn[nH]c4)cc23)cc1. The summed E-state index contributed by atoms with van der Waals surface area (Å²) in [5.74, 6) is -0.589. The Hall–Kier alpha value is -4.92. The molecule has 4 heterocycles. The van der Waals surface area contributed by atoms with Crippen molar-refractivity contribution in [2.75, 3.05) is 10.2 Å². The third-order valence-electron chi connectivity index (χ3n) is 6.56. The highest BCUT2D eigenvalue weighted by molar-refractivity contribution is 6.16. The van der Waals surface area contributed by atoms with Crippen LogP contribution >= 0.6 is 0 Å². The average molecular weight is 479 g/mol. The third kappa shape index (κ3) is 3.32. The fourth-order valence-electron chi connectivity index (χ4n) is 4.79. The van der Waals surface area contributed by atoms with Crippen LogP contribution in [-0.2, 0) is 7.05 Å². The lowest BCUT2D eigenvalue weighted by atomic mass is 9.97. The molecule has 178 valence electrons. The van der Waals surface area contributed by atoms with E-state index in [1.54, 1.807) is 30.4 Å². The van der Waals surface area contributed by atoms with Crippen molar-refractivity contribution in [2.24, 2.45) is 7.05 Å². The number of aryl methyl sites for hydroxylation is 2. The second-order valence-corrected chi connectivity index (χ2v) is 8.92. The minimum Gasteiger partial charge on any atom is -0.346 e. The van der Waals surface area contributed by atoms with Gasteiger partial charge in [0.15, 0.2) is 0 Å². The van der Waals surface area contributed by atoms with Gasteiger partial charge in [-0.1, -0.05) is 48.0 Å². The first-order valence-corrected chi connectivity index (χ1v) is 11.4. The van der Waals surface area contributed by atoms with Crippen molar-refractivity contribution >= 4 is 34.1 Å². The molecular formula is C27H22N6O3. The van der Waals surface area contributed by atoms with E-state index < -0.39 is 5.91 Å². The van der Waals surface area contributed by atoms with Crippen LogP contribution in [0.5, 0.6) is 0 Å². The first kappa shape index (κ1) is 21.6. The molecular weight excluding hydrogens is 456 g/mol. The molecule has 0 saturated carbocycles. The molecule has 9 nitrogen and oxygen atoms in total. The summed E-state index contributed by atoms with van der Waals surface area (Å²) in [6.45, 7) is 2.02. The molecule has 0 saturated heterocycles. The number of aromatic amines is 2. The van der Waals surface area contributed by atoms with E-state index in [4.69, 9.17) is 0 Å². The highest BCUT2D eigenvalue weighted by Crippen LogP contribution is 2.43. The predicted molar refractivity (Wildman–Crippen MR) is 136 cm³/mol. The van der Waals surface area contributed by atoms with E-state index in [-0.39, 0.29) is 28.7 Å². The number of hydrogen-bond donors (Lipinski definition) is 3. The summed E-state index contributed by atoms with van der Waals surface area (Å²) >= 11 is 0. The predicted octanol–water partition coefficient (Wildman–Crippen LogP) is 3.90. The van der Waals surface area contributed by atoms with Gasteiger partial charge in [-0.3, -0.25) is 24.4 Å². The average Bonchev–Trinajstić information content (AvgIpc) is 3.61. The van der Waals surface area contributed by atoms with Crippen molar-refractivity contribution in [1.29, 1.82) is 0 Å². The van der Waals surface area contributed by atoms with Gasteiger partial charge in [0.1, 0.15) is 11.2 Å². The smallest absolute Gasteiger partial charge is 0.274 e. The number of H-pyrrole nitrogens is 2. The number of anilines is 2. The zero-order valence-corrected chi connectivity index (χ0v) is 19.6. The maximum absolute atomic E-state index is 13.8. The van der Waals surface area contributed by atoms with Crippen LogP contribution in [0.1, 0.15) is 43.6 Å². The normalized spacial score (nSPS) is 14.9.